The monoisotopic (exact) mass is 220 g/mol. The number of benzene rings is 1. The SMILES string of the molecule is NC(=O)c1cccc2c1C=C([N+](=O)[O-])CO2. The quantitative estimate of drug-likeness (QED) is 0.588. The fourth-order valence-corrected chi connectivity index (χ4v) is 1.50. The number of nitrogens with zero attached hydrogens (tertiary/aromatic N) is 1. The second kappa shape index (κ2) is 3.65. The third-order valence-electron chi connectivity index (χ3n) is 2.25. The fraction of sp³-hybridized carbons (Fsp3) is 0.100. The average molecular weight is 220 g/mol. The van der Waals surface area contributed by atoms with Crippen molar-refractivity contribution in [1.82, 2.24) is 0 Å². The molecule has 82 valence electrons. The molecule has 2 rings (SSSR count). The molecule has 1 aliphatic rings. The Hall–Kier alpha value is -2.37. The van der Waals surface area contributed by atoms with Gasteiger partial charge in [0.2, 0.25) is 5.91 Å². The van der Waals surface area contributed by atoms with Gasteiger partial charge in [-0.15, -0.1) is 0 Å². The predicted molar refractivity (Wildman–Crippen MR) is 55.4 cm³/mol. The van der Waals surface area contributed by atoms with Crippen LogP contribution in [0, 0.1) is 10.1 Å². The van der Waals surface area contributed by atoms with Crippen LogP contribution in [0.2, 0.25) is 0 Å². The van der Waals surface area contributed by atoms with E-state index in [9.17, 15) is 14.9 Å². The molecule has 16 heavy (non-hydrogen) atoms. The number of rotatable bonds is 2. The second-order valence-corrected chi connectivity index (χ2v) is 3.26. The molecule has 0 aliphatic carbocycles. The number of carbonyl (C=O) groups excluding carboxylic acids is 1. The molecule has 6 nitrogen and oxygen atoms in total. The van der Waals surface area contributed by atoms with Gasteiger partial charge in [0, 0.05) is 11.6 Å². The van der Waals surface area contributed by atoms with Crippen molar-refractivity contribution >= 4 is 12.0 Å². The number of nitrogens with two attached hydrogens (primary N) is 1. The first-order chi connectivity index (χ1) is 7.59. The Morgan fingerprint density at radius 1 is 1.50 bits per heavy atom. The highest BCUT2D eigenvalue weighted by molar-refractivity contribution is 5.97. The van der Waals surface area contributed by atoms with Crippen molar-refractivity contribution < 1.29 is 14.5 Å². The van der Waals surface area contributed by atoms with Crippen LogP contribution in [0.25, 0.3) is 6.08 Å². The molecule has 0 unspecified atom stereocenters. The van der Waals surface area contributed by atoms with E-state index in [1.165, 1.54) is 12.1 Å². The summed E-state index contributed by atoms with van der Waals surface area (Å²) in [7, 11) is 0. The van der Waals surface area contributed by atoms with Crippen LogP contribution >= 0.6 is 0 Å². The van der Waals surface area contributed by atoms with Crippen LogP contribution in [0.15, 0.2) is 23.9 Å². The predicted octanol–water partition coefficient (Wildman–Crippen LogP) is 0.796. The molecule has 1 aliphatic heterocycles. The molecule has 0 spiro atoms. The summed E-state index contributed by atoms with van der Waals surface area (Å²) in [4.78, 5) is 21.2. The largest absolute Gasteiger partial charge is 0.482 e. The minimum absolute atomic E-state index is 0.0961. The lowest BCUT2D eigenvalue weighted by Crippen LogP contribution is -2.18. The van der Waals surface area contributed by atoms with Crippen molar-refractivity contribution in [3.05, 3.63) is 45.1 Å². The fourth-order valence-electron chi connectivity index (χ4n) is 1.50. The van der Waals surface area contributed by atoms with Crippen molar-refractivity contribution in [2.75, 3.05) is 6.61 Å². The molecule has 2 N–H and O–H groups in total. The summed E-state index contributed by atoms with van der Waals surface area (Å²) in [5, 5.41) is 10.6. The molecule has 0 aromatic heterocycles. The molecule has 1 aromatic rings. The lowest BCUT2D eigenvalue weighted by molar-refractivity contribution is -0.427. The van der Waals surface area contributed by atoms with Crippen LogP contribution in [0.5, 0.6) is 5.75 Å². The van der Waals surface area contributed by atoms with Gasteiger partial charge in [0.15, 0.2) is 6.61 Å². The van der Waals surface area contributed by atoms with Gasteiger partial charge in [-0.25, -0.2) is 0 Å². The van der Waals surface area contributed by atoms with E-state index in [2.05, 4.69) is 0 Å². The normalized spacial score (nSPS) is 13.4. The number of amides is 1. The first-order valence-electron chi connectivity index (χ1n) is 4.50. The van der Waals surface area contributed by atoms with Gasteiger partial charge in [-0.3, -0.25) is 14.9 Å². The Bertz CT molecular complexity index is 508. The number of ether oxygens (including phenoxy) is 1. The minimum atomic E-state index is -0.638. The molecule has 0 radical (unpaired) electrons. The van der Waals surface area contributed by atoms with Crippen LogP contribution < -0.4 is 10.5 Å². The van der Waals surface area contributed by atoms with E-state index in [4.69, 9.17) is 10.5 Å². The van der Waals surface area contributed by atoms with Crippen molar-refractivity contribution in [2.45, 2.75) is 0 Å². The van der Waals surface area contributed by atoms with Crippen molar-refractivity contribution in [1.29, 1.82) is 0 Å². The molecule has 0 saturated heterocycles. The molecule has 1 amide bonds. The summed E-state index contributed by atoms with van der Waals surface area (Å²) in [6, 6.07) is 4.75. The summed E-state index contributed by atoms with van der Waals surface area (Å²) < 4.78 is 5.17. The van der Waals surface area contributed by atoms with E-state index in [-0.39, 0.29) is 17.9 Å². The number of primary amides is 1. The molecule has 0 fully saturated rings. The Kier molecular flexibility index (Phi) is 2.32. The van der Waals surface area contributed by atoms with E-state index in [1.807, 2.05) is 0 Å². The number of carbonyl (C=O) groups is 1. The van der Waals surface area contributed by atoms with Crippen molar-refractivity contribution in [2.24, 2.45) is 5.73 Å². The van der Waals surface area contributed by atoms with Gasteiger partial charge in [-0.2, -0.15) is 0 Å². The van der Waals surface area contributed by atoms with Crippen LogP contribution in [-0.4, -0.2) is 17.4 Å². The van der Waals surface area contributed by atoms with Crippen LogP contribution in [0.4, 0.5) is 0 Å². The van der Waals surface area contributed by atoms with Gasteiger partial charge in [0.05, 0.1) is 10.5 Å². The van der Waals surface area contributed by atoms with Crippen LogP contribution in [0.1, 0.15) is 15.9 Å². The smallest absolute Gasteiger partial charge is 0.284 e. The topological polar surface area (TPSA) is 95.5 Å². The molecular weight excluding hydrogens is 212 g/mol. The van der Waals surface area contributed by atoms with Gasteiger partial charge in [-0.05, 0) is 12.1 Å². The summed E-state index contributed by atoms with van der Waals surface area (Å²) in [5.41, 5.74) is 5.66. The lowest BCUT2D eigenvalue weighted by atomic mass is 10.0. The zero-order valence-corrected chi connectivity index (χ0v) is 8.17. The zero-order chi connectivity index (χ0) is 11.7. The Labute approximate surface area is 90.5 Å². The summed E-state index contributed by atoms with van der Waals surface area (Å²) in [6.45, 7) is -0.109. The van der Waals surface area contributed by atoms with Gasteiger partial charge in [-0.1, -0.05) is 6.07 Å². The third kappa shape index (κ3) is 1.60. The highest BCUT2D eigenvalue weighted by Gasteiger charge is 2.22. The Balaban J connectivity index is 2.58. The number of nitro groups is 1. The Morgan fingerprint density at radius 2 is 2.25 bits per heavy atom. The zero-order valence-electron chi connectivity index (χ0n) is 8.17. The summed E-state index contributed by atoms with van der Waals surface area (Å²) >= 11 is 0. The molecule has 1 aromatic carbocycles. The number of fused-ring (bicyclic) bond motifs is 1. The molecular formula is C10H8N2O4. The third-order valence-corrected chi connectivity index (χ3v) is 2.25. The molecule has 1 heterocycles. The Morgan fingerprint density at radius 3 is 2.88 bits per heavy atom. The number of hydrogen-bond donors (Lipinski definition) is 1. The highest BCUT2D eigenvalue weighted by Crippen LogP contribution is 2.29. The highest BCUT2D eigenvalue weighted by atomic mass is 16.6. The second-order valence-electron chi connectivity index (χ2n) is 3.26. The van der Waals surface area contributed by atoms with E-state index in [1.54, 1.807) is 12.1 Å². The van der Waals surface area contributed by atoms with Gasteiger partial charge >= 0.3 is 0 Å². The lowest BCUT2D eigenvalue weighted by Gasteiger charge is -2.14. The van der Waals surface area contributed by atoms with E-state index in [0.717, 1.165) is 0 Å². The summed E-state index contributed by atoms with van der Waals surface area (Å²) in [6.07, 6.45) is 1.32. The maximum Gasteiger partial charge on any atom is 0.284 e. The van der Waals surface area contributed by atoms with Crippen molar-refractivity contribution in [3.63, 3.8) is 0 Å². The maximum absolute atomic E-state index is 11.1. The van der Waals surface area contributed by atoms with Gasteiger partial charge < -0.3 is 10.5 Å². The van der Waals surface area contributed by atoms with Crippen molar-refractivity contribution in [3.8, 4) is 5.75 Å². The summed E-state index contributed by atoms with van der Waals surface area (Å²) in [5.74, 6) is -0.205. The molecule has 0 saturated carbocycles. The maximum atomic E-state index is 11.1. The molecule has 0 bridgehead atoms. The van der Waals surface area contributed by atoms with Crippen LogP contribution in [0.3, 0.4) is 0 Å². The van der Waals surface area contributed by atoms with Gasteiger partial charge in [0.25, 0.3) is 5.70 Å². The number of hydrogen-bond acceptors (Lipinski definition) is 4. The van der Waals surface area contributed by atoms with E-state index >= 15 is 0 Å². The van der Waals surface area contributed by atoms with Crippen LogP contribution in [-0.2, 0) is 0 Å². The van der Waals surface area contributed by atoms with E-state index in [0.29, 0.717) is 11.3 Å². The average Bonchev–Trinajstić information content (AvgIpc) is 2.27. The minimum Gasteiger partial charge on any atom is -0.482 e. The van der Waals surface area contributed by atoms with E-state index < -0.39 is 10.8 Å². The van der Waals surface area contributed by atoms with Gasteiger partial charge in [0.1, 0.15) is 5.75 Å². The molecule has 0 atom stereocenters. The standard InChI is InChI=1S/C10H8N2O4/c11-10(13)7-2-1-3-9-8(7)4-6(5-16-9)12(14)15/h1-4H,5H2,(H2,11,13). The molecule has 6 heteroatoms. The first kappa shape index (κ1) is 10.2. The first-order valence-corrected chi connectivity index (χ1v) is 4.50.